The highest BCUT2D eigenvalue weighted by Gasteiger charge is 2.07. The minimum absolute atomic E-state index is 0.923. The Bertz CT molecular complexity index is 548. The highest BCUT2D eigenvalue weighted by molar-refractivity contribution is 5.91. The molecule has 0 radical (unpaired) electrons. The Morgan fingerprint density at radius 2 is 1.71 bits per heavy atom. The van der Waals surface area contributed by atoms with E-state index in [1.54, 1.807) is 0 Å². The zero-order valence-electron chi connectivity index (χ0n) is 7.53. The van der Waals surface area contributed by atoms with Crippen LogP contribution < -0.4 is 0 Å². The van der Waals surface area contributed by atoms with Crippen LogP contribution in [0.15, 0.2) is 53.1 Å². The molecule has 0 unspecified atom stereocenters. The summed E-state index contributed by atoms with van der Waals surface area (Å²) in [6.45, 7) is 0. The molecule has 0 amide bonds. The van der Waals surface area contributed by atoms with Gasteiger partial charge in [0, 0.05) is 5.56 Å². The van der Waals surface area contributed by atoms with Crippen LogP contribution >= 0.6 is 0 Å². The number of fused-ring (bicyclic) bond motifs is 1. The highest BCUT2D eigenvalue weighted by atomic mass is 16.5. The van der Waals surface area contributed by atoms with Crippen molar-refractivity contribution < 1.29 is 4.52 Å². The largest absolute Gasteiger partial charge is 0.380 e. The molecule has 0 bridgehead atoms. The van der Waals surface area contributed by atoms with Gasteiger partial charge in [0.1, 0.15) is 5.52 Å². The van der Waals surface area contributed by atoms with Crippen LogP contribution in [0.2, 0.25) is 0 Å². The second-order valence-electron chi connectivity index (χ2n) is 3.25. The first-order valence-electron chi connectivity index (χ1n) is 4.56. The topological polar surface area (TPSA) is 28.9 Å². The van der Waals surface area contributed by atoms with Crippen molar-refractivity contribution in [1.82, 2.24) is 5.16 Å². The van der Waals surface area contributed by atoms with E-state index in [1.807, 2.05) is 30.3 Å². The molecule has 0 atom stereocenters. The molecule has 0 aliphatic heterocycles. The molecule has 0 aliphatic rings. The smallest absolute Gasteiger partial charge is 0.182 e. The van der Waals surface area contributed by atoms with Crippen molar-refractivity contribution in [3.63, 3.8) is 0 Å². The Morgan fingerprint density at radius 3 is 2.43 bits per heavy atom. The van der Waals surface area contributed by atoms with Gasteiger partial charge in [-0.05, 0) is 11.6 Å². The molecule has 3 aromatic rings. The molecular weight excluding hydrogens is 174 g/mol. The van der Waals surface area contributed by atoms with Gasteiger partial charge in [0.2, 0.25) is 0 Å². The fourth-order valence-corrected chi connectivity index (χ4v) is 1.64. The van der Waals surface area contributed by atoms with Crippen molar-refractivity contribution in [2.45, 2.75) is 0 Å². The Hall–Kier alpha value is -1.96. The van der Waals surface area contributed by atoms with Crippen molar-refractivity contribution in [2.24, 2.45) is 0 Å². The summed E-state index contributed by atoms with van der Waals surface area (Å²) in [7, 11) is 0. The summed E-state index contributed by atoms with van der Waals surface area (Å²) in [5.74, 6) is 0. The van der Waals surface area contributed by atoms with Gasteiger partial charge < -0.3 is 4.52 Å². The minimum atomic E-state index is 0.923. The summed E-state index contributed by atoms with van der Waals surface area (Å²) >= 11 is 0. The monoisotopic (exact) mass is 183 g/mol. The Balaban J connectivity index is 2.26. The van der Waals surface area contributed by atoms with Gasteiger partial charge in [-0.25, -0.2) is 5.16 Å². The molecule has 0 aliphatic carbocycles. The number of H-pyrrole nitrogens is 1. The lowest BCUT2D eigenvalue weighted by molar-refractivity contribution is 0.425. The third-order valence-electron chi connectivity index (χ3n) is 2.37. The van der Waals surface area contributed by atoms with Gasteiger partial charge in [-0.3, -0.25) is 0 Å². The highest BCUT2D eigenvalue weighted by Crippen LogP contribution is 2.28. The van der Waals surface area contributed by atoms with Crippen LogP contribution in [0.1, 0.15) is 0 Å². The third-order valence-corrected chi connectivity index (χ3v) is 2.37. The standard InChI is InChI=1S/C12H9NO/c1-2-5-9(6-3-1)10-7-4-8-11-12(10)13-14-11/h1-8,13H. The van der Waals surface area contributed by atoms with Gasteiger partial charge in [0.25, 0.3) is 0 Å². The second-order valence-corrected chi connectivity index (χ2v) is 3.25. The molecule has 0 spiro atoms. The molecule has 2 nitrogen and oxygen atoms in total. The fourth-order valence-electron chi connectivity index (χ4n) is 1.64. The van der Waals surface area contributed by atoms with Gasteiger partial charge in [-0.2, -0.15) is 0 Å². The molecule has 3 rings (SSSR count). The van der Waals surface area contributed by atoms with Crippen LogP contribution in [-0.2, 0) is 0 Å². The summed E-state index contributed by atoms with van der Waals surface area (Å²) in [5.41, 5.74) is 4.40. The number of rotatable bonds is 1. The molecule has 0 saturated carbocycles. The van der Waals surface area contributed by atoms with Crippen LogP contribution in [0.3, 0.4) is 0 Å². The van der Waals surface area contributed by atoms with E-state index in [0.29, 0.717) is 0 Å². The van der Waals surface area contributed by atoms with Gasteiger partial charge in [0.15, 0.2) is 5.58 Å². The van der Waals surface area contributed by atoms with E-state index >= 15 is 0 Å². The van der Waals surface area contributed by atoms with E-state index in [9.17, 15) is 0 Å². The number of aromatic nitrogens is 1. The number of benzene rings is 2. The second kappa shape index (κ2) is 2.77. The lowest BCUT2D eigenvalue weighted by Gasteiger charge is -2.07. The first-order valence-corrected chi connectivity index (χ1v) is 4.56. The molecule has 2 heteroatoms. The zero-order valence-corrected chi connectivity index (χ0v) is 7.53. The van der Waals surface area contributed by atoms with Crippen molar-refractivity contribution in [1.29, 1.82) is 0 Å². The maximum atomic E-state index is 5.09. The lowest BCUT2D eigenvalue weighted by atomic mass is 10.0. The van der Waals surface area contributed by atoms with Gasteiger partial charge >= 0.3 is 0 Å². The zero-order chi connectivity index (χ0) is 9.38. The SMILES string of the molecule is c1ccc(-c2cccc3o[nH]c23)cc1. The summed E-state index contributed by atoms with van der Waals surface area (Å²) in [6, 6.07) is 16.3. The molecule has 14 heavy (non-hydrogen) atoms. The van der Waals surface area contributed by atoms with E-state index in [-0.39, 0.29) is 0 Å². The maximum absolute atomic E-state index is 5.09. The normalized spacial score (nSPS) is 10.9. The minimum Gasteiger partial charge on any atom is -0.380 e. The van der Waals surface area contributed by atoms with Crippen molar-refractivity contribution in [3.05, 3.63) is 48.5 Å². The average molecular weight is 183 g/mol. The summed E-state index contributed by atoms with van der Waals surface area (Å²) in [6.07, 6.45) is 0. The van der Waals surface area contributed by atoms with Crippen molar-refractivity contribution in [3.8, 4) is 11.1 Å². The summed E-state index contributed by atoms with van der Waals surface area (Å²) < 4.78 is 5.09. The maximum Gasteiger partial charge on any atom is 0.182 e. The molecule has 0 fully saturated rings. The number of hydrogen-bond donors (Lipinski definition) is 1. The number of nitrogens with one attached hydrogen (secondary N) is 1. The van der Waals surface area contributed by atoms with Crippen LogP contribution in [0.25, 0.3) is 22.2 Å². The van der Waals surface area contributed by atoms with E-state index in [0.717, 1.165) is 11.1 Å². The molecule has 1 aromatic heterocycles. The van der Waals surface area contributed by atoms with E-state index < -0.39 is 0 Å². The molecule has 0 saturated heterocycles. The quantitative estimate of drug-likeness (QED) is 0.615. The molecular formula is C12H9NO. The van der Waals surface area contributed by atoms with E-state index in [4.69, 9.17) is 4.52 Å². The predicted octanol–water partition coefficient (Wildman–Crippen LogP) is 3.43. The number of hydrogen-bond acceptors (Lipinski definition) is 1. The molecule has 68 valence electrons. The molecule has 1 heterocycles. The summed E-state index contributed by atoms with van der Waals surface area (Å²) in [5, 5.41) is 2.86. The van der Waals surface area contributed by atoms with Crippen LogP contribution in [0.4, 0.5) is 0 Å². The molecule has 2 aromatic carbocycles. The Kier molecular flexibility index (Phi) is 1.47. The Labute approximate surface area is 81.1 Å². The van der Waals surface area contributed by atoms with Gasteiger partial charge in [-0.1, -0.05) is 42.5 Å². The van der Waals surface area contributed by atoms with E-state index in [2.05, 4.69) is 23.4 Å². The van der Waals surface area contributed by atoms with E-state index in [1.165, 1.54) is 11.1 Å². The van der Waals surface area contributed by atoms with Crippen molar-refractivity contribution in [2.75, 3.05) is 0 Å². The number of aromatic amines is 1. The Morgan fingerprint density at radius 1 is 0.857 bits per heavy atom. The first-order chi connectivity index (χ1) is 6.95. The first kappa shape index (κ1) is 7.44. The van der Waals surface area contributed by atoms with Gasteiger partial charge in [-0.15, -0.1) is 0 Å². The third kappa shape index (κ3) is 0.973. The van der Waals surface area contributed by atoms with Crippen LogP contribution in [-0.4, -0.2) is 5.16 Å². The van der Waals surface area contributed by atoms with Crippen LogP contribution in [0, 0.1) is 0 Å². The predicted molar refractivity (Wildman–Crippen MR) is 56.0 cm³/mol. The number of para-hydroxylation sites is 1. The van der Waals surface area contributed by atoms with Crippen molar-refractivity contribution >= 4 is 11.1 Å². The van der Waals surface area contributed by atoms with Gasteiger partial charge in [0.05, 0.1) is 0 Å². The molecule has 1 N–H and O–H groups in total. The fraction of sp³-hybridized carbons (Fsp3) is 0. The summed E-state index contributed by atoms with van der Waals surface area (Å²) in [4.78, 5) is 0. The van der Waals surface area contributed by atoms with Crippen LogP contribution in [0.5, 0.6) is 0 Å². The lowest BCUT2D eigenvalue weighted by Crippen LogP contribution is -1.87. The average Bonchev–Trinajstić information content (AvgIpc) is 2.21.